The summed E-state index contributed by atoms with van der Waals surface area (Å²) in [6.45, 7) is 9.73. The highest BCUT2D eigenvalue weighted by molar-refractivity contribution is 6.90. The van der Waals surface area contributed by atoms with Crippen LogP contribution < -0.4 is 15.8 Å². The summed E-state index contributed by atoms with van der Waals surface area (Å²) in [5, 5.41) is 5.41. The summed E-state index contributed by atoms with van der Waals surface area (Å²) in [5.74, 6) is 5.46. The Hall–Kier alpha value is -6.78. The second kappa shape index (κ2) is 14.0. The van der Waals surface area contributed by atoms with Crippen molar-refractivity contribution in [1.29, 1.82) is 0 Å². The van der Waals surface area contributed by atoms with Crippen LogP contribution in [0.1, 0.15) is 138 Å². The average molecular weight is 1010 g/mol. The van der Waals surface area contributed by atoms with E-state index < -0.39 is 0 Å². The Labute approximate surface area is 458 Å². The number of hydrogen-bond donors (Lipinski definition) is 0. The van der Waals surface area contributed by atoms with Gasteiger partial charge in [-0.1, -0.05) is 113 Å². The SMILES string of the molecule is CC1(C)c2ccccc2-c2ccc(N3c4cc5c(cc4B4c6c(cc7c(oc8ccccc87)c63)-c3cc(C67CCC8CC(CC8C6)C7)cc6c7cc(C89CCC%10CC(CC%10C8)C9)ccc7n4c36)C(C)(C)c3ccccc3-5)cc21. The third-order valence-electron chi connectivity index (χ3n) is 24.5. The van der Waals surface area contributed by atoms with Gasteiger partial charge in [-0.3, -0.25) is 0 Å². The zero-order valence-corrected chi connectivity index (χ0v) is 45.6. The van der Waals surface area contributed by atoms with Crippen LogP contribution in [-0.4, -0.2) is 11.3 Å². The summed E-state index contributed by atoms with van der Waals surface area (Å²) in [6, 6.07) is 56.3. The van der Waals surface area contributed by atoms with Gasteiger partial charge < -0.3 is 13.8 Å². The van der Waals surface area contributed by atoms with Crippen LogP contribution >= 0.6 is 0 Å². The molecule has 0 N–H and O–H groups in total. The minimum Gasteiger partial charge on any atom is -0.454 e. The van der Waals surface area contributed by atoms with Crippen LogP contribution in [0.15, 0.2) is 144 Å². The van der Waals surface area contributed by atoms with Crippen molar-refractivity contribution < 1.29 is 4.42 Å². The van der Waals surface area contributed by atoms with Crippen LogP contribution in [0.2, 0.25) is 0 Å². The minimum absolute atomic E-state index is 0.0822. The number of benzene rings is 8. The van der Waals surface area contributed by atoms with Gasteiger partial charge in [0.25, 0.3) is 0 Å². The smallest absolute Gasteiger partial charge is 0.333 e. The summed E-state index contributed by atoms with van der Waals surface area (Å²) < 4.78 is 10.4. The number of furan rings is 1. The fourth-order valence-corrected chi connectivity index (χ4v) is 21.3. The van der Waals surface area contributed by atoms with Crippen LogP contribution in [0.4, 0.5) is 17.1 Å². The molecule has 6 saturated carbocycles. The van der Waals surface area contributed by atoms with Gasteiger partial charge in [0.2, 0.25) is 0 Å². The maximum Gasteiger partial charge on any atom is 0.333 e. The fourth-order valence-electron chi connectivity index (χ4n) is 21.3. The van der Waals surface area contributed by atoms with Gasteiger partial charge in [0.1, 0.15) is 5.58 Å². The van der Waals surface area contributed by atoms with E-state index in [2.05, 4.69) is 177 Å². The first-order valence-corrected chi connectivity index (χ1v) is 30.5. The molecule has 0 amide bonds. The van der Waals surface area contributed by atoms with Gasteiger partial charge in [-0.15, -0.1) is 0 Å². The van der Waals surface area contributed by atoms with Crippen molar-refractivity contribution in [1.82, 2.24) is 4.48 Å². The molecule has 8 unspecified atom stereocenters. The first kappa shape index (κ1) is 43.1. The molecule has 4 heteroatoms. The zero-order chi connectivity index (χ0) is 51.1. The lowest BCUT2D eigenvalue weighted by Crippen LogP contribution is -2.57. The molecule has 2 aromatic heterocycles. The van der Waals surface area contributed by atoms with Gasteiger partial charge in [0, 0.05) is 60.3 Å². The van der Waals surface area contributed by atoms with E-state index in [1.165, 1.54) is 193 Å². The number of rotatable bonds is 3. The van der Waals surface area contributed by atoms with E-state index in [1.54, 1.807) is 11.1 Å². The van der Waals surface area contributed by atoms with Crippen LogP contribution in [0.3, 0.4) is 0 Å². The Morgan fingerprint density at radius 1 is 0.487 bits per heavy atom. The number of hydrogen-bond acceptors (Lipinski definition) is 2. The molecule has 3 nitrogen and oxygen atoms in total. The average Bonchev–Trinajstić information content (AvgIpc) is 4.31. The largest absolute Gasteiger partial charge is 0.454 e. The lowest BCUT2D eigenvalue weighted by atomic mass is 9.44. The number of anilines is 3. The van der Waals surface area contributed by atoms with Crippen LogP contribution in [-0.2, 0) is 21.7 Å². The number of nitrogens with zero attached hydrogens (tertiary/aromatic N) is 2. The molecule has 8 aliphatic carbocycles. The molecule has 8 atom stereocenters. The van der Waals surface area contributed by atoms with Crippen molar-refractivity contribution in [3.05, 3.63) is 173 Å². The molecule has 6 fully saturated rings. The van der Waals surface area contributed by atoms with Gasteiger partial charge in [0.05, 0.1) is 5.69 Å². The van der Waals surface area contributed by atoms with E-state index >= 15 is 0 Å². The van der Waals surface area contributed by atoms with Gasteiger partial charge in [0.15, 0.2) is 5.58 Å². The highest BCUT2D eigenvalue weighted by Crippen LogP contribution is 2.65. The minimum atomic E-state index is -0.166. The van der Waals surface area contributed by atoms with E-state index in [-0.39, 0.29) is 23.1 Å². The maximum absolute atomic E-state index is 7.46. The molecule has 0 spiro atoms. The topological polar surface area (TPSA) is 21.3 Å². The van der Waals surface area contributed by atoms with Crippen molar-refractivity contribution in [3.63, 3.8) is 0 Å². The van der Waals surface area contributed by atoms with Crippen molar-refractivity contribution in [2.24, 2.45) is 35.5 Å². The summed E-state index contributed by atoms with van der Waals surface area (Å²) in [7, 11) is 0. The summed E-state index contributed by atoms with van der Waals surface area (Å²) >= 11 is 0. The van der Waals surface area contributed by atoms with Gasteiger partial charge in [-0.2, -0.15) is 0 Å². The van der Waals surface area contributed by atoms with E-state index in [0.717, 1.165) is 46.7 Å². The molecule has 380 valence electrons. The maximum atomic E-state index is 7.46. The van der Waals surface area contributed by atoms with Crippen LogP contribution in [0.5, 0.6) is 0 Å². The molecule has 78 heavy (non-hydrogen) atoms. The lowest BCUT2D eigenvalue weighted by molar-refractivity contribution is 0.139. The molecule has 2 aliphatic heterocycles. The van der Waals surface area contributed by atoms with Crippen molar-refractivity contribution in [2.45, 2.75) is 126 Å². The number of aromatic nitrogens is 1. The first-order chi connectivity index (χ1) is 38.0. The normalized spacial score (nSPS) is 28.9. The molecule has 20 rings (SSSR count). The molecular formula is C74H65BN2O. The Balaban J connectivity index is 0.930. The van der Waals surface area contributed by atoms with Crippen molar-refractivity contribution in [2.75, 3.05) is 4.90 Å². The summed E-state index contributed by atoms with van der Waals surface area (Å²) in [4.78, 5) is 2.70. The van der Waals surface area contributed by atoms with E-state index in [1.807, 2.05) is 0 Å². The van der Waals surface area contributed by atoms with Gasteiger partial charge >= 0.3 is 6.85 Å². The first-order valence-electron chi connectivity index (χ1n) is 30.5. The standard InChI is InChI=1S/C74H65BN2O/c1-71(2)59-14-8-5-11-49(59)51-19-18-48(32-61(51)71)76-65-34-53-50-12-6-9-15-60(50)72(3,4)62(53)35-63(65)75-67-55(33-58-52-13-7-10-16-66(52)78-70(58)69(67)76)57-31-47(74-24-22-43-26-41(37-74)28-45(43)39-74)30-56-54-29-46(17-20-64(54)77(75)68(56)57)73-23-21-42-25-40(36-73)27-44(42)38-73/h5-20,29-35,40-45H,21-28,36-39H2,1-4H3. The number of para-hydroxylation sites is 1. The molecular weight excluding hydrogens is 944 g/mol. The zero-order valence-electron chi connectivity index (χ0n) is 45.6. The predicted molar refractivity (Wildman–Crippen MR) is 322 cm³/mol. The molecule has 10 aromatic rings. The van der Waals surface area contributed by atoms with Crippen LogP contribution in [0, 0.1) is 35.5 Å². The van der Waals surface area contributed by atoms with Gasteiger partial charge in [-0.05, 0) is 250 Å². The van der Waals surface area contributed by atoms with E-state index in [9.17, 15) is 0 Å². The van der Waals surface area contributed by atoms with Crippen molar-refractivity contribution >= 4 is 78.6 Å². The third kappa shape index (κ3) is 5.06. The van der Waals surface area contributed by atoms with E-state index in [0.29, 0.717) is 5.41 Å². The second-order valence-electron chi connectivity index (χ2n) is 28.6. The Morgan fingerprint density at radius 2 is 1.13 bits per heavy atom. The van der Waals surface area contributed by atoms with E-state index in [4.69, 9.17) is 4.42 Å². The monoisotopic (exact) mass is 1010 g/mol. The second-order valence-corrected chi connectivity index (χ2v) is 28.6. The number of fused-ring (bicyclic) bond motifs is 21. The predicted octanol–water partition coefficient (Wildman–Crippen LogP) is 17.7. The lowest BCUT2D eigenvalue weighted by Gasteiger charge is -2.46. The fraction of sp³-hybridized carbons (Fsp3) is 0.351. The Morgan fingerprint density at radius 3 is 1.88 bits per heavy atom. The summed E-state index contributed by atoms with van der Waals surface area (Å²) in [6.07, 6.45) is 16.9. The highest BCUT2D eigenvalue weighted by atomic mass is 16.3. The molecule has 6 bridgehead atoms. The third-order valence-corrected chi connectivity index (χ3v) is 24.5. The molecule has 0 radical (unpaired) electrons. The molecule has 10 aliphatic rings. The van der Waals surface area contributed by atoms with Crippen molar-refractivity contribution in [3.8, 4) is 33.4 Å². The Bertz CT molecular complexity index is 4440. The van der Waals surface area contributed by atoms with Crippen LogP contribution in [0.25, 0.3) is 77.1 Å². The summed E-state index contributed by atoms with van der Waals surface area (Å²) in [5.41, 5.74) is 28.6. The molecule has 4 heterocycles. The van der Waals surface area contributed by atoms with Gasteiger partial charge in [-0.25, -0.2) is 0 Å². The molecule has 0 saturated heterocycles. The molecule has 8 aromatic carbocycles. The Kier molecular flexibility index (Phi) is 7.73. The quantitative estimate of drug-likeness (QED) is 0.165. The highest BCUT2D eigenvalue weighted by Gasteiger charge is 2.55.